The van der Waals surface area contributed by atoms with Gasteiger partial charge in [-0.05, 0) is 51.3 Å². The van der Waals surface area contributed by atoms with Crippen molar-refractivity contribution in [2.24, 2.45) is 5.73 Å². The van der Waals surface area contributed by atoms with Crippen LogP contribution in [0.2, 0.25) is 0 Å². The summed E-state index contributed by atoms with van der Waals surface area (Å²) in [6.07, 6.45) is -0.153. The molecule has 0 aliphatic heterocycles. The summed E-state index contributed by atoms with van der Waals surface area (Å²) in [6, 6.07) is 0. The van der Waals surface area contributed by atoms with Crippen LogP contribution in [0.3, 0.4) is 0 Å². The number of nitrogens with one attached hydrogen (secondary N) is 2. The molecular weight excluding hydrogens is 423 g/mol. The van der Waals surface area contributed by atoms with Crippen molar-refractivity contribution in [2.45, 2.75) is 51.1 Å². The molecule has 11 heteroatoms. The van der Waals surface area contributed by atoms with Gasteiger partial charge in [0.15, 0.2) is 5.69 Å². The van der Waals surface area contributed by atoms with Gasteiger partial charge in [-0.2, -0.15) is 18.3 Å². The maximum absolute atomic E-state index is 13.3. The third kappa shape index (κ3) is 5.15. The first-order valence-corrected chi connectivity index (χ1v) is 10.6. The van der Waals surface area contributed by atoms with E-state index in [1.54, 1.807) is 7.05 Å². The Kier molecular flexibility index (Phi) is 6.94. The second kappa shape index (κ2) is 9.09. The summed E-state index contributed by atoms with van der Waals surface area (Å²) in [5, 5.41) is 20.3. The number of rotatable bonds is 7. The molecule has 6 nitrogen and oxygen atoms in total. The number of fused-ring (bicyclic) bond motifs is 1. The summed E-state index contributed by atoms with van der Waals surface area (Å²) in [7, 11) is 1.68. The van der Waals surface area contributed by atoms with Gasteiger partial charge in [0, 0.05) is 22.2 Å². The molecule has 2 heterocycles. The van der Waals surface area contributed by atoms with Gasteiger partial charge in [-0.3, -0.25) is 4.68 Å². The number of aryl methyl sites for hydroxylation is 1. The average Bonchev–Trinajstić information content (AvgIpc) is 3.20. The quantitative estimate of drug-likeness (QED) is 0.386. The Morgan fingerprint density at radius 1 is 1.41 bits per heavy atom. The summed E-state index contributed by atoms with van der Waals surface area (Å²) in [5.74, 6) is 0. The van der Waals surface area contributed by atoms with Crippen molar-refractivity contribution in [1.82, 2.24) is 15.1 Å². The second-order valence-corrected chi connectivity index (χ2v) is 8.60. The summed E-state index contributed by atoms with van der Waals surface area (Å²) in [5.41, 5.74) is 6.70. The lowest BCUT2D eigenvalue weighted by atomic mass is 9.95. The predicted octanol–water partition coefficient (Wildman–Crippen LogP) is 2.99. The van der Waals surface area contributed by atoms with Gasteiger partial charge < -0.3 is 21.5 Å². The molecule has 0 saturated heterocycles. The number of aliphatic hydroxyl groups is 1. The topological polar surface area (TPSA) is 88.1 Å². The molecule has 2 aromatic rings. The van der Waals surface area contributed by atoms with E-state index in [0.717, 1.165) is 31.2 Å². The predicted molar refractivity (Wildman–Crippen MR) is 111 cm³/mol. The van der Waals surface area contributed by atoms with E-state index in [0.29, 0.717) is 22.1 Å². The number of hydrogen-bond donors (Lipinski definition) is 4. The summed E-state index contributed by atoms with van der Waals surface area (Å²) >= 11 is 6.85. The van der Waals surface area contributed by atoms with Crippen molar-refractivity contribution >= 4 is 33.5 Å². The van der Waals surface area contributed by atoms with E-state index < -0.39 is 18.1 Å². The number of likely N-dealkylation sites (N-methyl/N-ethyl adjacent to an activating group) is 1. The van der Waals surface area contributed by atoms with Crippen LogP contribution in [0.25, 0.3) is 0 Å². The molecular formula is C18H24F3N5OS2. The van der Waals surface area contributed by atoms with Crippen LogP contribution in [0.1, 0.15) is 46.3 Å². The van der Waals surface area contributed by atoms with Crippen LogP contribution >= 0.6 is 23.6 Å². The lowest BCUT2D eigenvalue weighted by molar-refractivity contribution is -0.142. The molecule has 0 saturated carbocycles. The number of thiophene rings is 1. The van der Waals surface area contributed by atoms with Gasteiger partial charge in [-0.1, -0.05) is 12.2 Å². The number of hydrogen-bond acceptors (Lipinski definition) is 6. The maximum atomic E-state index is 13.3. The van der Waals surface area contributed by atoms with Crippen LogP contribution in [0, 0.1) is 0 Å². The fraction of sp³-hybridized carbons (Fsp3) is 0.556. The molecule has 29 heavy (non-hydrogen) atoms. The highest BCUT2D eigenvalue weighted by molar-refractivity contribution is 7.80. The van der Waals surface area contributed by atoms with Gasteiger partial charge in [0.1, 0.15) is 16.2 Å². The Hall–Kier alpha value is -1.53. The van der Waals surface area contributed by atoms with E-state index in [4.69, 9.17) is 18.0 Å². The second-order valence-electron chi connectivity index (χ2n) is 7.00. The first kappa shape index (κ1) is 22.2. The molecule has 0 fully saturated rings. The summed E-state index contributed by atoms with van der Waals surface area (Å²) < 4.78 is 41.0. The van der Waals surface area contributed by atoms with Crippen LogP contribution in [-0.4, -0.2) is 33.5 Å². The Morgan fingerprint density at radius 2 is 2.14 bits per heavy atom. The molecule has 1 aliphatic carbocycles. The Bertz CT molecular complexity index is 876. The highest BCUT2D eigenvalue weighted by Gasteiger charge is 2.37. The van der Waals surface area contributed by atoms with Gasteiger partial charge in [0.05, 0.1) is 6.54 Å². The lowest BCUT2D eigenvalue weighted by Gasteiger charge is -2.15. The van der Waals surface area contributed by atoms with Crippen molar-refractivity contribution in [3.63, 3.8) is 0 Å². The lowest BCUT2D eigenvalue weighted by Crippen LogP contribution is -2.20. The number of thiocarbonyl (C=S) groups is 1. The molecule has 0 aromatic carbocycles. The SMILES string of the molecule is CNCCc1cn(CC(=S)Nc2sc3c(c2C(N)O)CCCC3)nc1C(F)(F)F. The zero-order chi connectivity index (χ0) is 21.2. The Balaban J connectivity index is 1.78. The number of alkyl halides is 3. The van der Waals surface area contributed by atoms with Crippen molar-refractivity contribution < 1.29 is 18.3 Å². The largest absolute Gasteiger partial charge is 0.435 e. The van der Waals surface area contributed by atoms with Gasteiger partial charge in [0.25, 0.3) is 0 Å². The van der Waals surface area contributed by atoms with Crippen LogP contribution in [0.15, 0.2) is 6.20 Å². The molecule has 0 radical (unpaired) electrons. The van der Waals surface area contributed by atoms with E-state index in [9.17, 15) is 18.3 Å². The third-order valence-corrected chi connectivity index (χ3v) is 6.27. The van der Waals surface area contributed by atoms with E-state index in [1.165, 1.54) is 27.1 Å². The average molecular weight is 448 g/mol. The van der Waals surface area contributed by atoms with Crippen LogP contribution in [0.4, 0.5) is 18.2 Å². The highest BCUT2D eigenvalue weighted by atomic mass is 32.1. The Labute approximate surface area is 176 Å². The van der Waals surface area contributed by atoms with E-state index in [2.05, 4.69) is 15.7 Å². The van der Waals surface area contributed by atoms with Crippen molar-refractivity contribution in [2.75, 3.05) is 18.9 Å². The van der Waals surface area contributed by atoms with Crippen LogP contribution in [0.5, 0.6) is 0 Å². The first-order valence-electron chi connectivity index (χ1n) is 9.36. The molecule has 0 bridgehead atoms. The molecule has 2 aromatic heterocycles. The number of halogens is 3. The highest BCUT2D eigenvalue weighted by Crippen LogP contribution is 2.40. The third-order valence-electron chi connectivity index (χ3n) is 4.82. The van der Waals surface area contributed by atoms with Gasteiger partial charge in [-0.25, -0.2) is 0 Å². The van der Waals surface area contributed by atoms with Gasteiger partial charge in [0.2, 0.25) is 0 Å². The van der Waals surface area contributed by atoms with E-state index >= 15 is 0 Å². The van der Waals surface area contributed by atoms with Crippen LogP contribution < -0.4 is 16.4 Å². The normalized spacial score (nSPS) is 15.2. The molecule has 1 atom stereocenters. The Morgan fingerprint density at radius 3 is 2.79 bits per heavy atom. The van der Waals surface area contributed by atoms with Gasteiger partial charge in [-0.15, -0.1) is 11.3 Å². The van der Waals surface area contributed by atoms with Crippen molar-refractivity contribution in [3.05, 3.63) is 33.5 Å². The monoisotopic (exact) mass is 447 g/mol. The molecule has 1 unspecified atom stereocenters. The number of aromatic nitrogens is 2. The molecule has 0 amide bonds. The molecule has 0 spiro atoms. The zero-order valence-electron chi connectivity index (χ0n) is 16.0. The van der Waals surface area contributed by atoms with Gasteiger partial charge >= 0.3 is 6.18 Å². The fourth-order valence-corrected chi connectivity index (χ4v) is 5.19. The first-order chi connectivity index (χ1) is 13.7. The summed E-state index contributed by atoms with van der Waals surface area (Å²) in [4.78, 5) is 1.48. The maximum Gasteiger partial charge on any atom is 0.435 e. The van der Waals surface area contributed by atoms with Crippen molar-refractivity contribution in [1.29, 1.82) is 0 Å². The molecule has 3 rings (SSSR count). The minimum atomic E-state index is -4.52. The van der Waals surface area contributed by atoms with E-state index in [-0.39, 0.29) is 18.5 Å². The van der Waals surface area contributed by atoms with Crippen LogP contribution in [-0.2, 0) is 32.0 Å². The molecule has 5 N–H and O–H groups in total. The number of nitrogens with zero attached hydrogens (tertiary/aromatic N) is 2. The van der Waals surface area contributed by atoms with Crippen molar-refractivity contribution in [3.8, 4) is 0 Å². The number of aliphatic hydroxyl groups excluding tert-OH is 1. The molecule has 1 aliphatic rings. The van der Waals surface area contributed by atoms with E-state index in [1.807, 2.05) is 0 Å². The number of nitrogens with two attached hydrogens (primary N) is 1. The number of anilines is 1. The minimum absolute atomic E-state index is 0.000635. The molecule has 160 valence electrons. The standard InChI is InChI=1S/C18H24F3N5OS2/c1-23-7-6-10-8-26(25-15(10)18(19,20)21)9-13(28)24-17-14(16(22)27)11-4-2-3-5-12(11)29-17/h8,16,23,27H,2-7,9,22H2,1H3,(H,24,28). The zero-order valence-corrected chi connectivity index (χ0v) is 17.6. The summed E-state index contributed by atoms with van der Waals surface area (Å²) in [6.45, 7) is 0.413. The fourth-order valence-electron chi connectivity index (χ4n) is 3.53. The smallest absolute Gasteiger partial charge is 0.374 e. The minimum Gasteiger partial charge on any atom is -0.374 e.